The molecule has 0 bridgehead atoms. The number of likely N-dealkylation sites (tertiary alicyclic amines) is 1. The van der Waals surface area contributed by atoms with Crippen molar-refractivity contribution in [2.75, 3.05) is 30.3 Å². The Kier molecular flexibility index (Phi) is 10.4. The SMILES string of the molecule is C=S(=O)(NC(=O)CN1CCC(N)CC1)c1ccccc1-c1ccc(C(=O)Nc2ccc(Cl)cc2C(=O)Nc2ccc(Cl)cn2)cc1. The van der Waals surface area contributed by atoms with Gasteiger partial charge in [0.15, 0.2) is 0 Å². The van der Waals surface area contributed by atoms with Crippen molar-refractivity contribution in [3.05, 3.63) is 106 Å². The third-order valence-corrected chi connectivity index (χ3v) is 9.50. The van der Waals surface area contributed by atoms with Crippen LogP contribution in [0.15, 0.2) is 90.0 Å². The van der Waals surface area contributed by atoms with E-state index in [1.165, 1.54) is 18.3 Å². The molecule has 1 saturated heterocycles. The van der Waals surface area contributed by atoms with Gasteiger partial charge in [0.05, 0.1) is 37.4 Å². The van der Waals surface area contributed by atoms with Gasteiger partial charge in [0.1, 0.15) is 5.82 Å². The van der Waals surface area contributed by atoms with Crippen molar-refractivity contribution in [3.8, 4) is 11.1 Å². The van der Waals surface area contributed by atoms with Crippen LogP contribution in [0.3, 0.4) is 0 Å². The van der Waals surface area contributed by atoms with Gasteiger partial charge in [0, 0.05) is 35.9 Å². The highest BCUT2D eigenvalue weighted by Crippen LogP contribution is 2.28. The van der Waals surface area contributed by atoms with E-state index in [0.29, 0.717) is 44.7 Å². The van der Waals surface area contributed by atoms with E-state index >= 15 is 0 Å². The van der Waals surface area contributed by atoms with Crippen molar-refractivity contribution in [1.29, 1.82) is 0 Å². The van der Waals surface area contributed by atoms with Gasteiger partial charge < -0.3 is 16.4 Å². The fourth-order valence-corrected chi connectivity index (χ4v) is 6.69. The average molecular weight is 680 g/mol. The average Bonchev–Trinajstić information content (AvgIpc) is 3.04. The summed E-state index contributed by atoms with van der Waals surface area (Å²) in [5.41, 5.74) is 7.93. The van der Waals surface area contributed by atoms with Crippen molar-refractivity contribution in [3.63, 3.8) is 0 Å². The van der Waals surface area contributed by atoms with Gasteiger partial charge >= 0.3 is 0 Å². The zero-order chi connectivity index (χ0) is 32.8. The summed E-state index contributed by atoms with van der Waals surface area (Å²) in [4.78, 5) is 45.5. The number of benzene rings is 3. The lowest BCUT2D eigenvalue weighted by molar-refractivity contribution is -0.120. The molecule has 1 aliphatic rings. The molecule has 2 heterocycles. The maximum Gasteiger partial charge on any atom is 0.258 e. The predicted molar refractivity (Wildman–Crippen MR) is 184 cm³/mol. The molecule has 1 atom stereocenters. The van der Waals surface area contributed by atoms with Crippen LogP contribution in [0, 0.1) is 0 Å². The minimum atomic E-state index is -3.20. The highest BCUT2D eigenvalue weighted by atomic mass is 35.5. The largest absolute Gasteiger partial charge is 0.328 e. The summed E-state index contributed by atoms with van der Waals surface area (Å²) >= 11 is 12.0. The highest BCUT2D eigenvalue weighted by Gasteiger charge is 2.22. The predicted octanol–water partition coefficient (Wildman–Crippen LogP) is 5.09. The lowest BCUT2D eigenvalue weighted by Crippen LogP contribution is -2.45. The van der Waals surface area contributed by atoms with Crippen molar-refractivity contribution in [1.82, 2.24) is 14.6 Å². The van der Waals surface area contributed by atoms with Crippen LogP contribution in [-0.2, 0) is 14.5 Å². The van der Waals surface area contributed by atoms with Gasteiger partial charge in [-0.15, -0.1) is 0 Å². The third kappa shape index (κ3) is 8.31. The van der Waals surface area contributed by atoms with E-state index in [9.17, 15) is 18.6 Å². The molecule has 1 aromatic heterocycles. The van der Waals surface area contributed by atoms with E-state index in [0.717, 1.165) is 12.8 Å². The summed E-state index contributed by atoms with van der Waals surface area (Å²) in [6.45, 7) is 1.52. The molecule has 0 saturated carbocycles. The molecule has 5 rings (SSSR count). The zero-order valence-electron chi connectivity index (χ0n) is 24.7. The monoisotopic (exact) mass is 678 g/mol. The summed E-state index contributed by atoms with van der Waals surface area (Å²) in [5.74, 6) is 2.78. The first kappa shape index (κ1) is 33.1. The lowest BCUT2D eigenvalue weighted by Gasteiger charge is -2.29. The molecule has 0 radical (unpaired) electrons. The van der Waals surface area contributed by atoms with Crippen molar-refractivity contribution in [2.45, 2.75) is 23.8 Å². The molecule has 1 aliphatic heterocycles. The number of aromatic nitrogens is 1. The van der Waals surface area contributed by atoms with Crippen LogP contribution >= 0.6 is 23.2 Å². The second kappa shape index (κ2) is 14.4. The molecule has 13 heteroatoms. The number of pyridine rings is 1. The number of nitrogens with two attached hydrogens (primary N) is 1. The Morgan fingerprint density at radius 1 is 0.913 bits per heavy atom. The molecule has 3 amide bonds. The normalized spacial score (nSPS) is 15.0. The van der Waals surface area contributed by atoms with Crippen LogP contribution in [0.25, 0.3) is 11.1 Å². The first-order valence-electron chi connectivity index (χ1n) is 14.4. The van der Waals surface area contributed by atoms with Crippen LogP contribution in [-0.4, -0.2) is 63.4 Å². The van der Waals surface area contributed by atoms with Crippen LogP contribution in [0.1, 0.15) is 33.6 Å². The number of rotatable bonds is 9. The number of amides is 3. The second-order valence-corrected chi connectivity index (χ2v) is 13.7. The Bertz CT molecular complexity index is 1860. The van der Waals surface area contributed by atoms with E-state index in [4.69, 9.17) is 28.9 Å². The Balaban J connectivity index is 1.29. The summed E-state index contributed by atoms with van der Waals surface area (Å²) in [5, 5.41) is 6.16. The quantitative estimate of drug-likeness (QED) is 0.180. The summed E-state index contributed by atoms with van der Waals surface area (Å²) in [7, 11) is -3.20. The Morgan fingerprint density at radius 2 is 1.61 bits per heavy atom. The van der Waals surface area contributed by atoms with Crippen molar-refractivity contribution >= 4 is 68.0 Å². The van der Waals surface area contributed by atoms with E-state index in [-0.39, 0.29) is 35.6 Å². The maximum absolute atomic E-state index is 13.7. The first-order chi connectivity index (χ1) is 22.0. The zero-order valence-corrected chi connectivity index (χ0v) is 27.0. The number of anilines is 2. The van der Waals surface area contributed by atoms with E-state index < -0.39 is 21.5 Å². The number of hydrogen-bond donors (Lipinski definition) is 4. The number of hydrogen-bond acceptors (Lipinski definition) is 7. The maximum atomic E-state index is 13.7. The van der Waals surface area contributed by atoms with E-state index in [2.05, 4.69) is 26.2 Å². The smallest absolute Gasteiger partial charge is 0.258 e. The number of carbonyl (C=O) groups is 3. The lowest BCUT2D eigenvalue weighted by atomic mass is 10.0. The highest BCUT2D eigenvalue weighted by molar-refractivity contribution is 7.99. The van der Waals surface area contributed by atoms with E-state index in [1.54, 1.807) is 66.7 Å². The summed E-state index contributed by atoms with van der Waals surface area (Å²) < 4.78 is 16.3. The van der Waals surface area contributed by atoms with Gasteiger partial charge in [-0.25, -0.2) is 9.19 Å². The fraction of sp³-hybridized carbons (Fsp3) is 0.182. The molecule has 0 spiro atoms. The molecule has 1 unspecified atom stereocenters. The van der Waals surface area contributed by atoms with Gasteiger partial charge in [-0.2, -0.15) is 0 Å². The molecule has 238 valence electrons. The van der Waals surface area contributed by atoms with E-state index in [1.807, 2.05) is 4.90 Å². The van der Waals surface area contributed by atoms with Crippen molar-refractivity contribution < 1.29 is 18.6 Å². The third-order valence-electron chi connectivity index (χ3n) is 7.42. The molecule has 4 aromatic rings. The molecular formula is C33H32Cl2N6O4S. The number of nitrogens with one attached hydrogen (secondary N) is 3. The molecule has 10 nitrogen and oxygen atoms in total. The van der Waals surface area contributed by atoms with Gasteiger partial charge in [-0.1, -0.05) is 53.5 Å². The van der Waals surface area contributed by atoms with Gasteiger partial charge in [0.25, 0.3) is 11.8 Å². The minimum Gasteiger partial charge on any atom is -0.328 e. The molecule has 1 fully saturated rings. The van der Waals surface area contributed by atoms with Gasteiger partial charge in [-0.3, -0.25) is 24.0 Å². The topological polar surface area (TPSA) is 147 Å². The van der Waals surface area contributed by atoms with Crippen LogP contribution in [0.5, 0.6) is 0 Å². The number of carbonyl (C=O) groups excluding carboxylic acids is 3. The number of nitrogens with zero attached hydrogens (tertiary/aromatic N) is 2. The molecule has 0 aliphatic carbocycles. The molecule has 3 aromatic carbocycles. The molecule has 5 N–H and O–H groups in total. The summed E-state index contributed by atoms with van der Waals surface area (Å²) in [6.07, 6.45) is 3.02. The van der Waals surface area contributed by atoms with Crippen LogP contribution < -0.4 is 21.1 Å². The number of halogens is 2. The minimum absolute atomic E-state index is 0.111. The second-order valence-electron chi connectivity index (χ2n) is 10.8. The Hall–Kier alpha value is -4.26. The van der Waals surface area contributed by atoms with Gasteiger partial charge in [-0.05, 0) is 78.4 Å². The molecule has 46 heavy (non-hydrogen) atoms. The van der Waals surface area contributed by atoms with Crippen LogP contribution in [0.4, 0.5) is 11.5 Å². The van der Waals surface area contributed by atoms with Crippen LogP contribution in [0.2, 0.25) is 10.0 Å². The number of piperidine rings is 1. The van der Waals surface area contributed by atoms with Gasteiger partial charge in [0.2, 0.25) is 5.91 Å². The first-order valence-corrected chi connectivity index (χ1v) is 16.9. The summed E-state index contributed by atoms with van der Waals surface area (Å²) in [6, 6.07) is 21.4. The molecular weight excluding hydrogens is 647 g/mol. The van der Waals surface area contributed by atoms with Crippen molar-refractivity contribution in [2.24, 2.45) is 5.73 Å². The Labute approximate surface area is 277 Å². The Morgan fingerprint density at radius 3 is 2.30 bits per heavy atom. The standard InChI is InChI=1S/C33H32Cl2N6O4S/c1-46(45,40-31(42)20-41-16-14-25(36)15-17-41)29-5-3-2-4-26(29)21-6-8-22(9-7-21)32(43)38-28-12-10-23(34)18-27(28)33(44)39-30-13-11-24(35)19-37-30/h2-13,18-19,25H,1,14-17,20,36H2,(H,38,43)(H,37,39,44)(H,40,42,45). The fourth-order valence-electron chi connectivity index (χ4n) is 5.02.